The molecule has 110 valence electrons. The van der Waals surface area contributed by atoms with Crippen molar-refractivity contribution in [2.24, 2.45) is 0 Å². The van der Waals surface area contributed by atoms with Crippen molar-refractivity contribution in [3.63, 3.8) is 0 Å². The third-order valence-electron chi connectivity index (χ3n) is 3.76. The molecule has 0 fully saturated rings. The summed E-state index contributed by atoms with van der Waals surface area (Å²) in [5.41, 5.74) is 3.58. The molecule has 2 nitrogen and oxygen atoms in total. The normalized spacial score (nSPS) is 12.9. The molecule has 0 amide bonds. The van der Waals surface area contributed by atoms with Crippen molar-refractivity contribution >= 4 is 22.3 Å². The van der Waals surface area contributed by atoms with E-state index in [0.717, 1.165) is 30.7 Å². The summed E-state index contributed by atoms with van der Waals surface area (Å²) in [5.74, 6) is 1.04. The summed E-state index contributed by atoms with van der Waals surface area (Å²) in [7, 11) is 0. The van der Waals surface area contributed by atoms with Gasteiger partial charge in [-0.05, 0) is 60.3 Å². The Bertz CT molecular complexity index is 699. The Morgan fingerprint density at radius 1 is 1.29 bits per heavy atom. The van der Waals surface area contributed by atoms with Crippen molar-refractivity contribution in [2.45, 2.75) is 32.7 Å². The Balaban J connectivity index is 1.91. The second-order valence-electron chi connectivity index (χ2n) is 5.48. The van der Waals surface area contributed by atoms with Gasteiger partial charge in [-0.15, -0.1) is 0 Å². The van der Waals surface area contributed by atoms with Crippen LogP contribution in [-0.4, -0.2) is 6.54 Å². The third-order valence-corrected chi connectivity index (χ3v) is 4.50. The molecule has 0 saturated heterocycles. The zero-order chi connectivity index (χ0) is 14.7. The van der Waals surface area contributed by atoms with Crippen molar-refractivity contribution in [2.75, 3.05) is 6.54 Å². The number of hydrogen-bond donors (Lipinski definition) is 1. The van der Waals surface area contributed by atoms with Gasteiger partial charge in [-0.3, -0.25) is 0 Å². The van der Waals surface area contributed by atoms with E-state index in [1.54, 1.807) is 11.3 Å². The molecular formula is C18H21NOS. The molecule has 21 heavy (non-hydrogen) atoms. The Morgan fingerprint density at radius 2 is 2.19 bits per heavy atom. The van der Waals surface area contributed by atoms with E-state index in [9.17, 15) is 0 Å². The summed E-state index contributed by atoms with van der Waals surface area (Å²) in [6.45, 7) is 5.30. The SMILES string of the molecule is CCCNC(Cc1ccsc1)c1cc2cccc(C)c2o1. The Hall–Kier alpha value is -1.58. The average molecular weight is 299 g/mol. The van der Waals surface area contributed by atoms with Crippen LogP contribution in [0.1, 0.15) is 36.3 Å². The fourth-order valence-corrected chi connectivity index (χ4v) is 3.32. The number of thiophene rings is 1. The molecule has 0 saturated carbocycles. The zero-order valence-corrected chi connectivity index (χ0v) is 13.4. The predicted molar refractivity (Wildman–Crippen MR) is 90.0 cm³/mol. The summed E-state index contributed by atoms with van der Waals surface area (Å²) < 4.78 is 6.15. The number of para-hydroxylation sites is 1. The molecule has 0 aliphatic heterocycles. The number of hydrogen-bond acceptors (Lipinski definition) is 3. The standard InChI is InChI=1S/C18H21NOS/c1-3-8-19-16(10-14-7-9-21-12-14)17-11-15-6-4-5-13(2)18(15)20-17/h4-7,9,11-12,16,19H,3,8,10H2,1-2H3. The van der Waals surface area contributed by atoms with Crippen LogP contribution in [0, 0.1) is 6.92 Å². The van der Waals surface area contributed by atoms with Gasteiger partial charge in [-0.2, -0.15) is 11.3 Å². The monoisotopic (exact) mass is 299 g/mol. The molecular weight excluding hydrogens is 278 g/mol. The number of benzene rings is 1. The largest absolute Gasteiger partial charge is 0.459 e. The van der Waals surface area contributed by atoms with Crippen LogP contribution in [0.3, 0.4) is 0 Å². The van der Waals surface area contributed by atoms with E-state index in [-0.39, 0.29) is 6.04 Å². The quantitative estimate of drug-likeness (QED) is 0.686. The highest BCUT2D eigenvalue weighted by molar-refractivity contribution is 7.07. The van der Waals surface area contributed by atoms with Gasteiger partial charge in [0.1, 0.15) is 11.3 Å². The molecule has 0 aliphatic carbocycles. The van der Waals surface area contributed by atoms with Gasteiger partial charge in [0.25, 0.3) is 0 Å². The highest BCUT2D eigenvalue weighted by atomic mass is 32.1. The van der Waals surface area contributed by atoms with Gasteiger partial charge in [-0.25, -0.2) is 0 Å². The second kappa shape index (κ2) is 6.46. The summed E-state index contributed by atoms with van der Waals surface area (Å²) in [6, 6.07) is 10.9. The molecule has 1 unspecified atom stereocenters. The van der Waals surface area contributed by atoms with E-state index in [2.05, 4.69) is 60.3 Å². The van der Waals surface area contributed by atoms with Gasteiger partial charge >= 0.3 is 0 Å². The van der Waals surface area contributed by atoms with Crippen LogP contribution in [0.2, 0.25) is 0 Å². The van der Waals surface area contributed by atoms with E-state index in [1.165, 1.54) is 16.5 Å². The van der Waals surface area contributed by atoms with Crippen molar-refractivity contribution in [1.29, 1.82) is 0 Å². The average Bonchev–Trinajstić information content (AvgIpc) is 3.13. The fourth-order valence-electron chi connectivity index (χ4n) is 2.64. The van der Waals surface area contributed by atoms with E-state index >= 15 is 0 Å². The van der Waals surface area contributed by atoms with Gasteiger partial charge < -0.3 is 9.73 Å². The van der Waals surface area contributed by atoms with E-state index in [0.29, 0.717) is 0 Å². The highest BCUT2D eigenvalue weighted by Gasteiger charge is 2.17. The number of aryl methyl sites for hydroxylation is 1. The first-order valence-electron chi connectivity index (χ1n) is 7.51. The molecule has 0 aliphatic rings. The highest BCUT2D eigenvalue weighted by Crippen LogP contribution is 2.28. The first kappa shape index (κ1) is 14.4. The number of nitrogens with one attached hydrogen (secondary N) is 1. The lowest BCUT2D eigenvalue weighted by Crippen LogP contribution is -2.23. The van der Waals surface area contributed by atoms with Crippen LogP contribution < -0.4 is 5.32 Å². The summed E-state index contributed by atoms with van der Waals surface area (Å²) in [5, 5.41) is 9.16. The smallest absolute Gasteiger partial charge is 0.137 e. The minimum Gasteiger partial charge on any atom is -0.459 e. The Kier molecular flexibility index (Phi) is 4.42. The molecule has 1 N–H and O–H groups in total. The van der Waals surface area contributed by atoms with Gasteiger partial charge in [-0.1, -0.05) is 25.1 Å². The molecule has 3 aromatic rings. The summed E-state index contributed by atoms with van der Waals surface area (Å²) in [6.07, 6.45) is 2.10. The van der Waals surface area contributed by atoms with Crippen LogP contribution in [-0.2, 0) is 6.42 Å². The molecule has 3 rings (SSSR count). The minimum absolute atomic E-state index is 0.242. The molecule has 3 heteroatoms. The molecule has 0 radical (unpaired) electrons. The maximum absolute atomic E-state index is 6.15. The van der Waals surface area contributed by atoms with Gasteiger partial charge in [0, 0.05) is 5.39 Å². The zero-order valence-electron chi connectivity index (χ0n) is 12.6. The lowest BCUT2D eigenvalue weighted by Gasteiger charge is -2.15. The van der Waals surface area contributed by atoms with Gasteiger partial charge in [0.05, 0.1) is 6.04 Å². The maximum Gasteiger partial charge on any atom is 0.137 e. The Labute approximate surface area is 129 Å². The van der Waals surface area contributed by atoms with E-state index in [1.807, 2.05) is 0 Å². The molecule has 2 aromatic heterocycles. The molecule has 0 bridgehead atoms. The minimum atomic E-state index is 0.242. The number of fused-ring (bicyclic) bond motifs is 1. The van der Waals surface area contributed by atoms with Crippen LogP contribution in [0.15, 0.2) is 45.5 Å². The van der Waals surface area contributed by atoms with Gasteiger partial charge in [0.15, 0.2) is 0 Å². The fraction of sp³-hybridized carbons (Fsp3) is 0.333. The maximum atomic E-state index is 6.15. The van der Waals surface area contributed by atoms with Crippen molar-refractivity contribution in [3.8, 4) is 0 Å². The topological polar surface area (TPSA) is 25.2 Å². The van der Waals surface area contributed by atoms with Crippen LogP contribution in [0.5, 0.6) is 0 Å². The van der Waals surface area contributed by atoms with Gasteiger partial charge in [0.2, 0.25) is 0 Å². The van der Waals surface area contributed by atoms with Crippen molar-refractivity contribution < 1.29 is 4.42 Å². The van der Waals surface area contributed by atoms with Crippen molar-refractivity contribution in [1.82, 2.24) is 5.32 Å². The molecule has 2 heterocycles. The lowest BCUT2D eigenvalue weighted by molar-refractivity contribution is 0.427. The summed E-state index contributed by atoms with van der Waals surface area (Å²) in [4.78, 5) is 0. The summed E-state index contributed by atoms with van der Waals surface area (Å²) >= 11 is 1.75. The predicted octanol–water partition coefficient (Wildman–Crippen LogP) is 5.09. The molecule has 1 aromatic carbocycles. The lowest BCUT2D eigenvalue weighted by atomic mass is 10.1. The first-order chi connectivity index (χ1) is 10.3. The van der Waals surface area contributed by atoms with Crippen molar-refractivity contribution in [3.05, 3.63) is 58.0 Å². The number of rotatable bonds is 6. The second-order valence-corrected chi connectivity index (χ2v) is 6.26. The first-order valence-corrected chi connectivity index (χ1v) is 8.45. The third kappa shape index (κ3) is 3.20. The number of furan rings is 1. The van der Waals surface area contributed by atoms with E-state index in [4.69, 9.17) is 4.42 Å². The molecule has 0 spiro atoms. The van der Waals surface area contributed by atoms with Crippen LogP contribution in [0.25, 0.3) is 11.0 Å². The van der Waals surface area contributed by atoms with Crippen LogP contribution in [0.4, 0.5) is 0 Å². The van der Waals surface area contributed by atoms with Crippen LogP contribution >= 0.6 is 11.3 Å². The van der Waals surface area contributed by atoms with E-state index < -0.39 is 0 Å². The Morgan fingerprint density at radius 3 is 2.90 bits per heavy atom. The molecule has 1 atom stereocenters.